The molecule has 0 aromatic carbocycles. The van der Waals surface area contributed by atoms with Crippen molar-refractivity contribution >= 4 is 5.91 Å². The van der Waals surface area contributed by atoms with Gasteiger partial charge in [-0.15, -0.1) is 0 Å². The summed E-state index contributed by atoms with van der Waals surface area (Å²) in [6.07, 6.45) is 7.19. The third-order valence-electron chi connectivity index (χ3n) is 4.53. The number of aromatic nitrogens is 3. The molecule has 6 nitrogen and oxygen atoms in total. The molecule has 0 N–H and O–H groups in total. The van der Waals surface area contributed by atoms with Gasteiger partial charge in [0.25, 0.3) is 0 Å². The Bertz CT molecular complexity index is 628. The first kappa shape index (κ1) is 16.6. The largest absolute Gasteiger partial charge is 0.340 e. The molecule has 128 valence electrons. The van der Waals surface area contributed by atoms with E-state index in [2.05, 4.69) is 21.0 Å². The van der Waals surface area contributed by atoms with E-state index in [1.54, 1.807) is 10.9 Å². The maximum absolute atomic E-state index is 12.9. The lowest BCUT2D eigenvalue weighted by molar-refractivity contribution is -0.135. The van der Waals surface area contributed by atoms with Crippen molar-refractivity contribution < 1.29 is 4.79 Å². The van der Waals surface area contributed by atoms with E-state index in [4.69, 9.17) is 0 Å². The minimum absolute atomic E-state index is 0.181. The zero-order valence-corrected chi connectivity index (χ0v) is 14.2. The van der Waals surface area contributed by atoms with Crippen LogP contribution in [0, 0.1) is 0 Å². The Morgan fingerprint density at radius 3 is 2.79 bits per heavy atom. The number of amides is 1. The molecular weight excluding hydrogens is 302 g/mol. The molecule has 1 saturated heterocycles. The number of pyridine rings is 1. The van der Waals surface area contributed by atoms with Crippen molar-refractivity contribution in [3.63, 3.8) is 0 Å². The second-order valence-electron chi connectivity index (χ2n) is 6.19. The Kier molecular flexibility index (Phi) is 5.59. The van der Waals surface area contributed by atoms with Gasteiger partial charge in [0.2, 0.25) is 5.91 Å². The second-order valence-corrected chi connectivity index (χ2v) is 6.19. The normalized spacial score (nSPS) is 17.5. The molecular formula is C18H25N5O. The molecule has 1 aliphatic rings. The Balaban J connectivity index is 1.59. The molecule has 0 spiro atoms. The van der Waals surface area contributed by atoms with Crippen molar-refractivity contribution in [2.24, 2.45) is 0 Å². The van der Waals surface area contributed by atoms with Crippen LogP contribution in [0.25, 0.3) is 0 Å². The number of carbonyl (C=O) groups excluding carboxylic acids is 1. The maximum Gasteiger partial charge on any atom is 0.247 e. The van der Waals surface area contributed by atoms with Gasteiger partial charge in [-0.1, -0.05) is 13.0 Å². The minimum atomic E-state index is -0.192. The van der Waals surface area contributed by atoms with E-state index in [-0.39, 0.29) is 11.9 Å². The Labute approximate surface area is 143 Å². The molecule has 0 aliphatic carbocycles. The van der Waals surface area contributed by atoms with E-state index in [1.165, 1.54) is 0 Å². The van der Waals surface area contributed by atoms with Crippen LogP contribution in [0.5, 0.6) is 0 Å². The Morgan fingerprint density at radius 1 is 1.17 bits per heavy atom. The summed E-state index contributed by atoms with van der Waals surface area (Å²) in [7, 11) is 0. The third kappa shape index (κ3) is 4.00. The average Bonchev–Trinajstić information content (AvgIpc) is 3.03. The van der Waals surface area contributed by atoms with Crippen molar-refractivity contribution in [2.75, 3.05) is 26.2 Å². The molecule has 0 unspecified atom stereocenters. The summed E-state index contributed by atoms with van der Waals surface area (Å²) in [5.41, 5.74) is 1.08. The number of rotatable bonds is 5. The Morgan fingerprint density at radius 2 is 2.08 bits per heavy atom. The summed E-state index contributed by atoms with van der Waals surface area (Å²) in [5.74, 6) is 0.181. The van der Waals surface area contributed by atoms with Crippen molar-refractivity contribution in [1.29, 1.82) is 0 Å². The van der Waals surface area contributed by atoms with Crippen molar-refractivity contribution in [3.8, 4) is 0 Å². The zero-order valence-electron chi connectivity index (χ0n) is 14.2. The van der Waals surface area contributed by atoms with E-state index in [0.717, 1.165) is 51.3 Å². The first-order valence-electron chi connectivity index (χ1n) is 8.68. The maximum atomic E-state index is 12.9. The van der Waals surface area contributed by atoms with E-state index in [1.807, 2.05) is 42.4 Å². The molecule has 3 heterocycles. The highest BCUT2D eigenvalue weighted by molar-refractivity contribution is 5.80. The fraction of sp³-hybridized carbons (Fsp3) is 0.500. The summed E-state index contributed by atoms with van der Waals surface area (Å²) >= 11 is 0. The van der Waals surface area contributed by atoms with Crippen molar-refractivity contribution in [3.05, 3.63) is 48.5 Å². The van der Waals surface area contributed by atoms with E-state index >= 15 is 0 Å². The minimum Gasteiger partial charge on any atom is -0.340 e. The third-order valence-corrected chi connectivity index (χ3v) is 4.53. The van der Waals surface area contributed by atoms with Crippen LogP contribution in [0.15, 0.2) is 42.9 Å². The molecule has 1 atom stereocenters. The van der Waals surface area contributed by atoms with Crippen LogP contribution in [0.3, 0.4) is 0 Å². The van der Waals surface area contributed by atoms with Crippen LogP contribution in [0.1, 0.15) is 31.5 Å². The second kappa shape index (κ2) is 8.06. The number of carbonyl (C=O) groups is 1. The highest BCUT2D eigenvalue weighted by Crippen LogP contribution is 2.16. The van der Waals surface area contributed by atoms with Gasteiger partial charge in [-0.05, 0) is 31.0 Å². The lowest BCUT2D eigenvalue weighted by atomic mass is 10.2. The van der Waals surface area contributed by atoms with Crippen LogP contribution < -0.4 is 0 Å². The summed E-state index contributed by atoms with van der Waals surface area (Å²) in [4.78, 5) is 21.7. The van der Waals surface area contributed by atoms with Crippen LogP contribution >= 0.6 is 0 Å². The molecule has 2 aromatic heterocycles. The topological polar surface area (TPSA) is 54.3 Å². The number of nitrogens with zero attached hydrogens (tertiary/aromatic N) is 5. The first-order valence-corrected chi connectivity index (χ1v) is 8.68. The molecule has 0 saturated carbocycles. The molecule has 0 bridgehead atoms. The molecule has 1 fully saturated rings. The Hall–Kier alpha value is -2.21. The van der Waals surface area contributed by atoms with Gasteiger partial charge >= 0.3 is 0 Å². The first-order chi connectivity index (χ1) is 11.8. The zero-order chi connectivity index (χ0) is 16.8. The van der Waals surface area contributed by atoms with E-state index in [9.17, 15) is 4.79 Å². The van der Waals surface area contributed by atoms with Gasteiger partial charge in [0.05, 0.1) is 5.69 Å². The van der Waals surface area contributed by atoms with Gasteiger partial charge in [-0.25, -0.2) is 0 Å². The standard InChI is InChI=1S/C18H25N5O/c1-2-17(23-12-5-9-20-23)18(24)22-11-6-10-21(13-14-22)15-16-7-3-4-8-19-16/h3-5,7-9,12,17H,2,6,10-11,13-15H2,1H3/t17-/m0/s1. The SMILES string of the molecule is CC[C@@H](C(=O)N1CCCN(Cc2ccccn2)CC1)n1cccn1. The van der Waals surface area contributed by atoms with Crippen LogP contribution in [0.4, 0.5) is 0 Å². The van der Waals surface area contributed by atoms with Gasteiger partial charge in [-0.3, -0.25) is 19.4 Å². The average molecular weight is 327 g/mol. The summed E-state index contributed by atoms with van der Waals surface area (Å²) in [6.45, 7) is 6.35. The van der Waals surface area contributed by atoms with Gasteiger partial charge in [-0.2, -0.15) is 5.10 Å². The molecule has 6 heteroatoms. The fourth-order valence-electron chi connectivity index (χ4n) is 3.22. The van der Waals surface area contributed by atoms with Gasteiger partial charge in [0.1, 0.15) is 6.04 Å². The number of hydrogen-bond acceptors (Lipinski definition) is 4. The smallest absolute Gasteiger partial charge is 0.247 e. The van der Waals surface area contributed by atoms with Crippen molar-refractivity contribution in [1.82, 2.24) is 24.6 Å². The molecule has 1 aliphatic heterocycles. The van der Waals surface area contributed by atoms with Gasteiger partial charge in [0.15, 0.2) is 0 Å². The van der Waals surface area contributed by atoms with Crippen LogP contribution in [-0.4, -0.2) is 56.7 Å². The molecule has 2 aromatic rings. The quantitative estimate of drug-likeness (QED) is 0.842. The monoisotopic (exact) mass is 327 g/mol. The van der Waals surface area contributed by atoms with Crippen LogP contribution in [0.2, 0.25) is 0 Å². The van der Waals surface area contributed by atoms with Gasteiger partial charge < -0.3 is 4.90 Å². The molecule has 1 amide bonds. The summed E-state index contributed by atoms with van der Waals surface area (Å²) < 4.78 is 1.78. The van der Waals surface area contributed by atoms with E-state index < -0.39 is 0 Å². The molecule has 0 radical (unpaired) electrons. The van der Waals surface area contributed by atoms with Gasteiger partial charge in [0, 0.05) is 51.3 Å². The highest BCUT2D eigenvalue weighted by atomic mass is 16.2. The number of hydrogen-bond donors (Lipinski definition) is 0. The fourth-order valence-corrected chi connectivity index (χ4v) is 3.22. The summed E-state index contributed by atoms with van der Waals surface area (Å²) in [5, 5.41) is 4.25. The predicted octanol–water partition coefficient (Wildman–Crippen LogP) is 1.96. The van der Waals surface area contributed by atoms with Crippen LogP contribution in [-0.2, 0) is 11.3 Å². The molecule has 24 heavy (non-hydrogen) atoms. The summed E-state index contributed by atoms with van der Waals surface area (Å²) in [6, 6.07) is 7.69. The van der Waals surface area contributed by atoms with E-state index in [0.29, 0.717) is 0 Å². The lowest BCUT2D eigenvalue weighted by Crippen LogP contribution is -2.39. The van der Waals surface area contributed by atoms with Crippen molar-refractivity contribution in [2.45, 2.75) is 32.4 Å². The molecule has 3 rings (SSSR count). The highest BCUT2D eigenvalue weighted by Gasteiger charge is 2.26. The predicted molar refractivity (Wildman–Crippen MR) is 92.3 cm³/mol. The lowest BCUT2D eigenvalue weighted by Gasteiger charge is -2.26.